The summed E-state index contributed by atoms with van der Waals surface area (Å²) in [5.41, 5.74) is 2.51. The fourth-order valence-corrected chi connectivity index (χ4v) is 6.48. The van der Waals surface area contributed by atoms with E-state index in [1.54, 1.807) is 0 Å². The van der Waals surface area contributed by atoms with E-state index in [0.29, 0.717) is 39.1 Å². The average molecular weight is 689 g/mol. The van der Waals surface area contributed by atoms with Crippen molar-refractivity contribution in [3.63, 3.8) is 0 Å². The van der Waals surface area contributed by atoms with Gasteiger partial charge in [0.05, 0.1) is 44.5 Å². The molecule has 0 aliphatic carbocycles. The van der Waals surface area contributed by atoms with E-state index in [1.807, 2.05) is 36.4 Å². The summed E-state index contributed by atoms with van der Waals surface area (Å²) in [6.45, 7) is 11.3. The molecular weight excluding hydrogens is 653 g/mol. The first-order chi connectivity index (χ1) is 23.3. The third-order valence-corrected chi connectivity index (χ3v) is 9.29. The molecule has 0 unspecified atom stereocenters. The van der Waals surface area contributed by atoms with Crippen molar-refractivity contribution in [1.82, 2.24) is 0 Å². The van der Waals surface area contributed by atoms with Gasteiger partial charge < -0.3 is 25.3 Å². The highest BCUT2D eigenvalue weighted by Crippen LogP contribution is 2.41. The molecule has 1 aromatic heterocycles. The van der Waals surface area contributed by atoms with Crippen molar-refractivity contribution in [3.05, 3.63) is 89.5 Å². The number of rotatable bonds is 12. The number of halogens is 1. The Labute approximate surface area is 282 Å². The van der Waals surface area contributed by atoms with E-state index in [1.165, 1.54) is 18.2 Å². The van der Waals surface area contributed by atoms with Gasteiger partial charge in [-0.3, -0.25) is 4.79 Å². The number of hydrogen-bond acceptors (Lipinski definition) is 7. The molecule has 5 aromatic rings. The Morgan fingerprint density at radius 1 is 0.694 bits per heavy atom. The fraction of sp³-hybridized carbons (Fsp3) is 0.222. The minimum atomic E-state index is -5.25. The molecule has 0 bridgehead atoms. The molecule has 1 amide bonds. The number of nitrogens with one attached hydrogen (secondary N) is 1. The summed E-state index contributed by atoms with van der Waals surface area (Å²) in [5, 5.41) is 23.7. The van der Waals surface area contributed by atoms with Crippen molar-refractivity contribution < 1.29 is 41.3 Å². The molecule has 0 saturated heterocycles. The van der Waals surface area contributed by atoms with Crippen molar-refractivity contribution in [2.75, 3.05) is 41.3 Å². The predicted octanol–water partition coefficient (Wildman–Crippen LogP) is 7.53. The normalized spacial score (nSPS) is 11.4. The number of anilines is 3. The van der Waals surface area contributed by atoms with Crippen LogP contribution in [-0.4, -0.2) is 62.7 Å². The largest absolute Gasteiger partial charge is 0.478 e. The summed E-state index contributed by atoms with van der Waals surface area (Å²) >= 11 is 0. The van der Waals surface area contributed by atoms with Gasteiger partial charge in [0.15, 0.2) is 0 Å². The van der Waals surface area contributed by atoms with Crippen molar-refractivity contribution in [1.29, 1.82) is 0 Å². The molecule has 0 radical (unpaired) electrons. The number of benzene rings is 4. The number of carbonyl (C=O) groups is 3. The Morgan fingerprint density at radius 2 is 1.22 bits per heavy atom. The van der Waals surface area contributed by atoms with E-state index in [2.05, 4.69) is 42.8 Å². The van der Waals surface area contributed by atoms with Gasteiger partial charge in [-0.15, -0.1) is 3.89 Å². The molecule has 0 spiro atoms. The van der Waals surface area contributed by atoms with Crippen molar-refractivity contribution in [2.24, 2.45) is 0 Å². The van der Waals surface area contributed by atoms with Crippen LogP contribution in [0.3, 0.4) is 0 Å². The third-order valence-electron chi connectivity index (χ3n) is 8.47. The molecule has 13 heteroatoms. The Balaban J connectivity index is 1.69. The molecule has 5 rings (SSSR count). The Hall–Kier alpha value is -5.56. The molecule has 11 nitrogen and oxygen atoms in total. The first kappa shape index (κ1) is 34.8. The van der Waals surface area contributed by atoms with Crippen molar-refractivity contribution in [2.45, 2.75) is 32.6 Å². The molecule has 0 fully saturated rings. The van der Waals surface area contributed by atoms with Gasteiger partial charge in [0, 0.05) is 48.8 Å². The maximum Gasteiger partial charge on any atom is 0.363 e. The SMILES string of the molecule is CCN(CC)c1ccc2c(-c3ccc(NC(=O)c4cc(S(=O)(=O)F)ccc4C(=O)O)cc3C(=O)O)c3ccc(N(CC)CC)cc3[o+]c2c1. The standard InChI is InChI=1S/C36H34FN3O8S/c1-5-39(6-2)22-10-14-27-31(18-22)48-32-19-23(40(7-3)8-4)11-15-28(32)33(27)25-13-9-21(17-30(25)36(44)45)38-34(41)29-20-24(49(37,46)47)12-16-26(29)35(42)43/h9-20H,5-8H2,1-4H3,(H2-,38,41,42,43,44,45)/p+1. The summed E-state index contributed by atoms with van der Waals surface area (Å²) in [5.74, 6) is -3.92. The maximum absolute atomic E-state index is 13.7. The van der Waals surface area contributed by atoms with Gasteiger partial charge in [-0.2, -0.15) is 8.42 Å². The van der Waals surface area contributed by atoms with E-state index >= 15 is 0 Å². The molecule has 1 heterocycles. The van der Waals surface area contributed by atoms with Crippen LogP contribution in [0.15, 0.2) is 82.1 Å². The van der Waals surface area contributed by atoms with Crippen LogP contribution in [0.4, 0.5) is 20.9 Å². The maximum atomic E-state index is 13.7. The zero-order valence-electron chi connectivity index (χ0n) is 27.3. The zero-order valence-corrected chi connectivity index (χ0v) is 28.1. The molecule has 0 aliphatic rings. The van der Waals surface area contributed by atoms with Crippen molar-refractivity contribution >= 4 is 67.1 Å². The van der Waals surface area contributed by atoms with Crippen LogP contribution in [0.25, 0.3) is 33.1 Å². The first-order valence-electron chi connectivity index (χ1n) is 15.7. The molecular formula is C36H35FN3O8S+. The van der Waals surface area contributed by atoms with E-state index in [4.69, 9.17) is 4.42 Å². The minimum absolute atomic E-state index is 0.0159. The Bertz CT molecular complexity index is 2160. The van der Waals surface area contributed by atoms with Gasteiger partial charge in [-0.05, 0) is 87.9 Å². The van der Waals surface area contributed by atoms with Gasteiger partial charge in [0.1, 0.15) is 0 Å². The van der Waals surface area contributed by atoms with Gasteiger partial charge in [0.2, 0.25) is 0 Å². The van der Waals surface area contributed by atoms with Crippen LogP contribution in [0, 0.1) is 0 Å². The summed E-state index contributed by atoms with van der Waals surface area (Å²) in [6, 6.07) is 17.9. The van der Waals surface area contributed by atoms with Crippen molar-refractivity contribution in [3.8, 4) is 11.1 Å². The number of carboxylic acids is 2. The predicted molar refractivity (Wildman–Crippen MR) is 187 cm³/mol. The van der Waals surface area contributed by atoms with Crippen LogP contribution >= 0.6 is 0 Å². The summed E-state index contributed by atoms with van der Waals surface area (Å²) in [7, 11) is -5.25. The molecule has 0 aliphatic heterocycles. The Kier molecular flexibility index (Phi) is 9.85. The molecule has 0 atom stereocenters. The lowest BCUT2D eigenvalue weighted by Gasteiger charge is -2.21. The number of carboxylic acid groups (broad SMARTS) is 2. The van der Waals surface area contributed by atoms with Crippen LogP contribution < -0.4 is 15.1 Å². The number of hydrogen-bond donors (Lipinski definition) is 3. The van der Waals surface area contributed by atoms with Crippen LogP contribution in [0.5, 0.6) is 0 Å². The lowest BCUT2D eigenvalue weighted by Crippen LogP contribution is -2.21. The number of fused-ring (bicyclic) bond motifs is 2. The quantitative estimate of drug-likeness (QED) is 0.0680. The Morgan fingerprint density at radius 3 is 1.69 bits per heavy atom. The van der Waals surface area contributed by atoms with Gasteiger partial charge in [0.25, 0.3) is 5.91 Å². The van der Waals surface area contributed by atoms with E-state index in [9.17, 15) is 36.9 Å². The number of nitrogens with zero attached hydrogens (tertiary/aromatic N) is 2. The smallest absolute Gasteiger partial charge is 0.363 e. The highest BCUT2D eigenvalue weighted by Gasteiger charge is 2.27. The number of carbonyl (C=O) groups excluding carboxylic acids is 1. The topological polar surface area (TPSA) is 156 Å². The van der Waals surface area contributed by atoms with Crippen LogP contribution in [-0.2, 0) is 10.2 Å². The molecule has 254 valence electrons. The van der Waals surface area contributed by atoms with Gasteiger partial charge in [-0.1, -0.05) is 6.07 Å². The summed E-state index contributed by atoms with van der Waals surface area (Å²) in [4.78, 5) is 41.2. The van der Waals surface area contributed by atoms with E-state index in [-0.39, 0.29) is 11.3 Å². The molecule has 4 aromatic carbocycles. The lowest BCUT2D eigenvalue weighted by molar-refractivity contribution is 0.0685. The highest BCUT2D eigenvalue weighted by molar-refractivity contribution is 7.86. The molecule has 0 saturated carbocycles. The number of amides is 1. The fourth-order valence-electron chi connectivity index (χ4n) is 5.99. The van der Waals surface area contributed by atoms with Gasteiger partial charge >= 0.3 is 33.3 Å². The first-order valence-corrected chi connectivity index (χ1v) is 17.0. The summed E-state index contributed by atoms with van der Waals surface area (Å²) < 4.78 is 43.1. The monoisotopic (exact) mass is 688 g/mol. The third kappa shape index (κ3) is 6.88. The summed E-state index contributed by atoms with van der Waals surface area (Å²) in [6.07, 6.45) is 0. The van der Waals surface area contributed by atoms with E-state index < -0.39 is 44.1 Å². The minimum Gasteiger partial charge on any atom is -0.478 e. The van der Waals surface area contributed by atoms with Gasteiger partial charge in [-0.25, -0.2) is 14.0 Å². The molecule has 49 heavy (non-hydrogen) atoms. The number of aromatic carboxylic acids is 2. The zero-order chi connectivity index (χ0) is 35.6. The lowest BCUT2D eigenvalue weighted by atomic mass is 9.92. The highest BCUT2D eigenvalue weighted by atomic mass is 32.3. The average Bonchev–Trinajstić information content (AvgIpc) is 3.07. The second-order valence-electron chi connectivity index (χ2n) is 11.2. The second kappa shape index (κ2) is 13.9. The van der Waals surface area contributed by atoms with E-state index in [0.717, 1.165) is 49.7 Å². The van der Waals surface area contributed by atoms with Crippen LogP contribution in [0.1, 0.15) is 58.8 Å². The molecule has 3 N–H and O–H groups in total. The second-order valence-corrected chi connectivity index (χ2v) is 12.5. The van der Waals surface area contributed by atoms with Crippen LogP contribution in [0.2, 0.25) is 0 Å².